The molecule has 18 heavy (non-hydrogen) atoms. The standard InChI is InChI=1S/C13H17FN2O2/c1-13(2,3)18-12(17)16-5-4-8-6-9(14)10(15)7-11(8)16/h6-7H,4-5,15H2,1-3H3. The van der Waals surface area contributed by atoms with Gasteiger partial charge in [-0.05, 0) is 44.9 Å². The predicted octanol–water partition coefficient (Wildman–Crippen LogP) is 2.71. The van der Waals surface area contributed by atoms with Crippen molar-refractivity contribution in [2.45, 2.75) is 32.8 Å². The van der Waals surface area contributed by atoms with Gasteiger partial charge in [0.1, 0.15) is 11.4 Å². The summed E-state index contributed by atoms with van der Waals surface area (Å²) in [4.78, 5) is 13.5. The lowest BCUT2D eigenvalue weighted by atomic mass is 10.1. The molecule has 2 rings (SSSR count). The second-order valence-electron chi connectivity index (χ2n) is 5.38. The Kier molecular flexibility index (Phi) is 2.92. The maximum Gasteiger partial charge on any atom is 0.414 e. The summed E-state index contributed by atoms with van der Waals surface area (Å²) in [5.74, 6) is -0.445. The highest BCUT2D eigenvalue weighted by Gasteiger charge is 2.29. The van der Waals surface area contributed by atoms with Crippen LogP contribution in [0.5, 0.6) is 0 Å². The van der Waals surface area contributed by atoms with Crippen molar-refractivity contribution in [3.8, 4) is 0 Å². The quantitative estimate of drug-likeness (QED) is 0.722. The largest absolute Gasteiger partial charge is 0.443 e. The molecule has 4 nitrogen and oxygen atoms in total. The summed E-state index contributed by atoms with van der Waals surface area (Å²) in [6, 6.07) is 2.87. The third-order valence-electron chi connectivity index (χ3n) is 2.71. The summed E-state index contributed by atoms with van der Waals surface area (Å²) in [6.07, 6.45) is 0.193. The molecule has 1 heterocycles. The van der Waals surface area contributed by atoms with Crippen molar-refractivity contribution < 1.29 is 13.9 Å². The van der Waals surface area contributed by atoms with Gasteiger partial charge in [0, 0.05) is 6.54 Å². The summed E-state index contributed by atoms with van der Waals surface area (Å²) in [7, 11) is 0. The minimum atomic E-state index is -0.550. The number of carbonyl (C=O) groups excluding carboxylic acids is 1. The Bertz CT molecular complexity index is 494. The molecule has 1 aliphatic rings. The third-order valence-corrected chi connectivity index (χ3v) is 2.71. The molecule has 0 saturated carbocycles. The molecular formula is C13H17FN2O2. The van der Waals surface area contributed by atoms with Crippen LogP contribution in [0.1, 0.15) is 26.3 Å². The van der Waals surface area contributed by atoms with E-state index < -0.39 is 17.5 Å². The first-order valence-corrected chi connectivity index (χ1v) is 5.86. The van der Waals surface area contributed by atoms with Crippen LogP contribution in [-0.2, 0) is 11.2 Å². The van der Waals surface area contributed by atoms with Crippen LogP contribution in [0.4, 0.5) is 20.6 Å². The SMILES string of the molecule is CC(C)(C)OC(=O)N1CCc2cc(F)c(N)cc21. The van der Waals surface area contributed by atoms with Gasteiger partial charge < -0.3 is 10.5 Å². The second-order valence-corrected chi connectivity index (χ2v) is 5.38. The molecule has 0 bridgehead atoms. The summed E-state index contributed by atoms with van der Waals surface area (Å²) in [6.45, 7) is 5.91. The van der Waals surface area contributed by atoms with Gasteiger partial charge in [0.05, 0.1) is 11.4 Å². The van der Waals surface area contributed by atoms with Gasteiger partial charge in [0.2, 0.25) is 0 Å². The fourth-order valence-corrected chi connectivity index (χ4v) is 1.93. The number of amides is 1. The van der Waals surface area contributed by atoms with Crippen LogP contribution in [0, 0.1) is 5.82 Å². The zero-order chi connectivity index (χ0) is 13.5. The molecule has 1 aromatic rings. The second kappa shape index (κ2) is 4.15. The van der Waals surface area contributed by atoms with E-state index >= 15 is 0 Å². The average molecular weight is 252 g/mol. The number of nitrogens with zero attached hydrogens (tertiary/aromatic N) is 1. The van der Waals surface area contributed by atoms with Crippen LogP contribution in [0.15, 0.2) is 12.1 Å². The zero-order valence-corrected chi connectivity index (χ0v) is 10.8. The average Bonchev–Trinajstić information content (AvgIpc) is 2.59. The molecule has 0 atom stereocenters. The number of rotatable bonds is 0. The van der Waals surface area contributed by atoms with Gasteiger partial charge in [-0.1, -0.05) is 0 Å². The molecule has 0 saturated heterocycles. The number of nitrogens with two attached hydrogens (primary N) is 1. The zero-order valence-electron chi connectivity index (χ0n) is 10.8. The van der Waals surface area contributed by atoms with Crippen molar-refractivity contribution >= 4 is 17.5 Å². The maximum absolute atomic E-state index is 13.3. The van der Waals surface area contributed by atoms with Crippen LogP contribution < -0.4 is 10.6 Å². The van der Waals surface area contributed by atoms with E-state index in [1.165, 1.54) is 17.0 Å². The summed E-state index contributed by atoms with van der Waals surface area (Å²) in [5, 5.41) is 0. The topological polar surface area (TPSA) is 55.6 Å². The van der Waals surface area contributed by atoms with E-state index in [2.05, 4.69) is 0 Å². The number of fused-ring (bicyclic) bond motifs is 1. The Labute approximate surface area is 106 Å². The highest BCUT2D eigenvalue weighted by Crippen LogP contribution is 2.32. The first kappa shape index (κ1) is 12.7. The van der Waals surface area contributed by atoms with E-state index in [1.54, 1.807) is 20.8 Å². The number of nitrogen functional groups attached to an aromatic ring is 1. The molecular weight excluding hydrogens is 235 g/mol. The van der Waals surface area contributed by atoms with E-state index in [1.807, 2.05) is 0 Å². The van der Waals surface area contributed by atoms with Crippen LogP contribution in [-0.4, -0.2) is 18.2 Å². The molecule has 1 aromatic carbocycles. The maximum atomic E-state index is 13.3. The molecule has 0 radical (unpaired) electrons. The third kappa shape index (κ3) is 2.39. The predicted molar refractivity (Wildman–Crippen MR) is 68.1 cm³/mol. The van der Waals surface area contributed by atoms with Gasteiger partial charge in [-0.25, -0.2) is 9.18 Å². The number of halogens is 1. The highest BCUT2D eigenvalue weighted by atomic mass is 19.1. The van der Waals surface area contributed by atoms with Crippen molar-refractivity contribution in [1.82, 2.24) is 0 Å². The first-order valence-electron chi connectivity index (χ1n) is 5.86. The molecule has 0 unspecified atom stereocenters. The molecule has 1 aliphatic heterocycles. The van der Waals surface area contributed by atoms with E-state index in [0.717, 1.165) is 5.56 Å². The van der Waals surface area contributed by atoms with Crippen molar-refractivity contribution in [2.75, 3.05) is 17.2 Å². The van der Waals surface area contributed by atoms with E-state index in [9.17, 15) is 9.18 Å². The summed E-state index contributed by atoms with van der Waals surface area (Å²) >= 11 is 0. The molecule has 0 aromatic heterocycles. The molecule has 1 amide bonds. The normalized spacial score (nSPS) is 14.6. The molecule has 98 valence electrons. The van der Waals surface area contributed by atoms with Crippen molar-refractivity contribution in [2.24, 2.45) is 0 Å². The van der Waals surface area contributed by atoms with Crippen molar-refractivity contribution in [3.63, 3.8) is 0 Å². The van der Waals surface area contributed by atoms with Gasteiger partial charge in [0.15, 0.2) is 0 Å². The van der Waals surface area contributed by atoms with Crippen molar-refractivity contribution in [3.05, 3.63) is 23.5 Å². The van der Waals surface area contributed by atoms with Gasteiger partial charge in [-0.15, -0.1) is 0 Å². The molecule has 0 spiro atoms. The lowest BCUT2D eigenvalue weighted by Crippen LogP contribution is -2.35. The fraction of sp³-hybridized carbons (Fsp3) is 0.462. The highest BCUT2D eigenvalue weighted by molar-refractivity contribution is 5.91. The van der Waals surface area contributed by atoms with E-state index in [0.29, 0.717) is 18.7 Å². The molecule has 0 aliphatic carbocycles. The Morgan fingerprint density at radius 3 is 2.72 bits per heavy atom. The monoisotopic (exact) mass is 252 g/mol. The van der Waals surface area contributed by atoms with Crippen molar-refractivity contribution in [1.29, 1.82) is 0 Å². The molecule has 2 N–H and O–H groups in total. The van der Waals surface area contributed by atoms with Gasteiger partial charge in [0.25, 0.3) is 0 Å². The molecule has 5 heteroatoms. The van der Waals surface area contributed by atoms with Gasteiger partial charge >= 0.3 is 6.09 Å². The number of hydrogen-bond donors (Lipinski definition) is 1. The van der Waals surface area contributed by atoms with Crippen LogP contribution in [0.3, 0.4) is 0 Å². The minimum Gasteiger partial charge on any atom is -0.443 e. The Morgan fingerprint density at radius 1 is 1.44 bits per heavy atom. The van der Waals surface area contributed by atoms with Gasteiger partial charge in [-0.3, -0.25) is 4.90 Å². The lowest BCUT2D eigenvalue weighted by Gasteiger charge is -2.24. The summed E-state index contributed by atoms with van der Waals surface area (Å²) in [5.41, 5.74) is 6.45. The van der Waals surface area contributed by atoms with E-state index in [-0.39, 0.29) is 5.69 Å². The smallest absolute Gasteiger partial charge is 0.414 e. The Hall–Kier alpha value is -1.78. The lowest BCUT2D eigenvalue weighted by molar-refractivity contribution is 0.0584. The van der Waals surface area contributed by atoms with Gasteiger partial charge in [-0.2, -0.15) is 0 Å². The number of hydrogen-bond acceptors (Lipinski definition) is 3. The van der Waals surface area contributed by atoms with Crippen LogP contribution >= 0.6 is 0 Å². The van der Waals surface area contributed by atoms with Crippen LogP contribution in [0.25, 0.3) is 0 Å². The summed E-state index contributed by atoms with van der Waals surface area (Å²) < 4.78 is 18.6. The Morgan fingerprint density at radius 2 is 2.11 bits per heavy atom. The fourth-order valence-electron chi connectivity index (χ4n) is 1.93. The Balaban J connectivity index is 2.26. The number of ether oxygens (including phenoxy) is 1. The number of benzene rings is 1. The first-order chi connectivity index (χ1) is 8.28. The minimum absolute atomic E-state index is 0.0456. The van der Waals surface area contributed by atoms with E-state index in [4.69, 9.17) is 10.5 Å². The number of carbonyl (C=O) groups is 1. The molecule has 0 fully saturated rings. The number of anilines is 2. The van der Waals surface area contributed by atoms with Crippen LogP contribution in [0.2, 0.25) is 0 Å².